The first-order chi connectivity index (χ1) is 20.3. The van der Waals surface area contributed by atoms with Crippen molar-refractivity contribution in [1.29, 1.82) is 0 Å². The van der Waals surface area contributed by atoms with Crippen molar-refractivity contribution in [2.45, 2.75) is 50.6 Å². The minimum absolute atomic E-state index is 0.172. The Bertz CT molecular complexity index is 1630. The Morgan fingerprint density at radius 2 is 1.93 bits per heavy atom. The molecular formula is C31H31BrClFN4O5. The molecule has 9 nitrogen and oxygen atoms in total. The van der Waals surface area contributed by atoms with Crippen LogP contribution in [0.15, 0.2) is 53.1 Å². The molecule has 5 rings (SSSR count). The number of hydrogen-bond donors (Lipinski definition) is 3. The van der Waals surface area contributed by atoms with E-state index in [2.05, 4.69) is 36.9 Å². The van der Waals surface area contributed by atoms with E-state index in [0.717, 1.165) is 0 Å². The number of benzene rings is 2. The molecule has 1 aromatic heterocycles. The minimum atomic E-state index is -1.46. The Labute approximate surface area is 262 Å². The van der Waals surface area contributed by atoms with E-state index in [0.29, 0.717) is 22.8 Å². The van der Waals surface area contributed by atoms with E-state index in [-0.39, 0.29) is 32.5 Å². The molecule has 12 heteroatoms. The summed E-state index contributed by atoms with van der Waals surface area (Å²) in [7, 11) is 2.67. The number of carbonyl (C=O) groups is 3. The van der Waals surface area contributed by atoms with Gasteiger partial charge < -0.3 is 25.4 Å². The predicted octanol–water partition coefficient (Wildman–Crippen LogP) is 5.82. The van der Waals surface area contributed by atoms with Crippen molar-refractivity contribution in [2.24, 2.45) is 5.41 Å². The van der Waals surface area contributed by atoms with Gasteiger partial charge in [0.15, 0.2) is 0 Å². The van der Waals surface area contributed by atoms with E-state index < -0.39 is 47.0 Å². The van der Waals surface area contributed by atoms with E-state index in [9.17, 15) is 14.4 Å². The van der Waals surface area contributed by atoms with Gasteiger partial charge in [-0.3, -0.25) is 14.6 Å². The van der Waals surface area contributed by atoms with Crippen LogP contribution >= 0.6 is 27.5 Å². The molecule has 3 heterocycles. The molecule has 2 aliphatic rings. The molecule has 4 atom stereocenters. The van der Waals surface area contributed by atoms with Crippen molar-refractivity contribution >= 4 is 56.7 Å². The lowest BCUT2D eigenvalue weighted by molar-refractivity contribution is -0.122. The number of anilines is 2. The Kier molecular flexibility index (Phi) is 8.28. The Morgan fingerprint density at radius 3 is 2.60 bits per heavy atom. The molecule has 1 fully saturated rings. The molecule has 2 amide bonds. The zero-order chi connectivity index (χ0) is 31.3. The van der Waals surface area contributed by atoms with Gasteiger partial charge in [-0.05, 0) is 63.7 Å². The number of esters is 1. The summed E-state index contributed by atoms with van der Waals surface area (Å²) >= 11 is 9.53. The van der Waals surface area contributed by atoms with E-state index in [4.69, 9.17) is 21.1 Å². The first-order valence-electron chi connectivity index (χ1n) is 13.6. The van der Waals surface area contributed by atoms with E-state index in [1.165, 1.54) is 38.6 Å². The number of aromatic nitrogens is 1. The fourth-order valence-corrected chi connectivity index (χ4v) is 6.77. The van der Waals surface area contributed by atoms with Crippen molar-refractivity contribution in [3.63, 3.8) is 0 Å². The Balaban J connectivity index is 1.68. The fourth-order valence-electron chi connectivity index (χ4n) is 6.23. The molecule has 1 saturated heterocycles. The number of amides is 2. The lowest BCUT2D eigenvalue weighted by Crippen LogP contribution is -2.50. The summed E-state index contributed by atoms with van der Waals surface area (Å²) in [5.74, 6) is -2.88. The number of fused-ring (bicyclic) bond motifs is 2. The number of ether oxygens (including phenoxy) is 2. The summed E-state index contributed by atoms with van der Waals surface area (Å²) in [6.45, 7) is 6.09. The van der Waals surface area contributed by atoms with Gasteiger partial charge >= 0.3 is 5.97 Å². The number of nitrogens with one attached hydrogen (secondary N) is 3. The van der Waals surface area contributed by atoms with Crippen LogP contribution in [0.2, 0.25) is 5.02 Å². The van der Waals surface area contributed by atoms with Gasteiger partial charge in [-0.25, -0.2) is 9.18 Å². The molecule has 2 aromatic carbocycles. The first kappa shape index (κ1) is 30.9. The standard InChI is InChI=1S/C31H31BrClFN4O5/c1-30(2,3)13-22-31(26-20(37-29(31)41)12-16(33)14-35-26)23(17-7-6-8-18(32)24(17)34)25(38-22)27(39)36-19-10-9-15(28(40)43-5)11-21(19)42-4/h6-12,14,22-23,25,38H,13H2,1-5H3,(H,36,39)(H,37,41)/t22-,23-,25+,31-/m0/s1. The number of carbonyl (C=O) groups excluding carboxylic acids is 3. The van der Waals surface area contributed by atoms with Crippen LogP contribution in [0.5, 0.6) is 5.75 Å². The van der Waals surface area contributed by atoms with E-state index in [1.54, 1.807) is 24.3 Å². The maximum Gasteiger partial charge on any atom is 0.337 e. The van der Waals surface area contributed by atoms with Gasteiger partial charge in [-0.1, -0.05) is 44.5 Å². The number of pyridine rings is 1. The largest absolute Gasteiger partial charge is 0.495 e. The van der Waals surface area contributed by atoms with Crippen LogP contribution in [-0.4, -0.2) is 49.1 Å². The summed E-state index contributed by atoms with van der Waals surface area (Å²) in [5, 5.41) is 9.53. The second kappa shape index (κ2) is 11.5. The van der Waals surface area contributed by atoms with Crippen LogP contribution < -0.4 is 20.7 Å². The highest BCUT2D eigenvalue weighted by atomic mass is 79.9. The predicted molar refractivity (Wildman–Crippen MR) is 164 cm³/mol. The van der Waals surface area contributed by atoms with Crippen molar-refractivity contribution < 1.29 is 28.2 Å². The maximum absolute atomic E-state index is 16.0. The van der Waals surface area contributed by atoms with Gasteiger partial charge in [0.1, 0.15) is 17.0 Å². The van der Waals surface area contributed by atoms with Crippen LogP contribution in [0, 0.1) is 11.2 Å². The van der Waals surface area contributed by atoms with Crippen LogP contribution in [-0.2, 0) is 19.7 Å². The summed E-state index contributed by atoms with van der Waals surface area (Å²) in [6.07, 6.45) is 1.91. The zero-order valence-corrected chi connectivity index (χ0v) is 26.5. The third kappa shape index (κ3) is 5.38. The molecule has 43 heavy (non-hydrogen) atoms. The lowest BCUT2D eigenvalue weighted by Gasteiger charge is -2.37. The average Bonchev–Trinajstić information content (AvgIpc) is 3.43. The second-order valence-electron chi connectivity index (χ2n) is 11.9. The van der Waals surface area contributed by atoms with Crippen molar-refractivity contribution in [2.75, 3.05) is 24.9 Å². The molecular weight excluding hydrogens is 643 g/mol. The summed E-state index contributed by atoms with van der Waals surface area (Å²) in [4.78, 5) is 45.1. The zero-order valence-electron chi connectivity index (χ0n) is 24.2. The third-order valence-electron chi connectivity index (χ3n) is 7.92. The number of nitrogens with zero attached hydrogens (tertiary/aromatic N) is 1. The van der Waals surface area contributed by atoms with Crippen molar-refractivity contribution in [3.8, 4) is 5.75 Å². The van der Waals surface area contributed by atoms with E-state index >= 15 is 4.39 Å². The number of rotatable bonds is 6. The third-order valence-corrected chi connectivity index (χ3v) is 8.74. The SMILES string of the molecule is COC(=O)c1ccc(NC(=O)[C@@H]2N[C@@H](CC(C)(C)C)[C@]3(C(=O)Nc4cc(Cl)cnc43)[C@H]2c2cccc(Br)c2F)c(OC)c1. The summed E-state index contributed by atoms with van der Waals surface area (Å²) < 4.78 is 26.5. The van der Waals surface area contributed by atoms with Gasteiger partial charge in [0, 0.05) is 18.2 Å². The van der Waals surface area contributed by atoms with Crippen molar-refractivity contribution in [1.82, 2.24) is 10.3 Å². The second-order valence-corrected chi connectivity index (χ2v) is 13.1. The quantitative estimate of drug-likeness (QED) is 0.282. The van der Waals surface area contributed by atoms with Gasteiger partial charge in [0.2, 0.25) is 11.8 Å². The monoisotopic (exact) mass is 672 g/mol. The van der Waals surface area contributed by atoms with E-state index in [1.807, 2.05) is 20.8 Å². The molecule has 3 N–H and O–H groups in total. The minimum Gasteiger partial charge on any atom is -0.495 e. The Morgan fingerprint density at radius 1 is 1.19 bits per heavy atom. The molecule has 3 aromatic rings. The smallest absolute Gasteiger partial charge is 0.337 e. The molecule has 2 aliphatic heterocycles. The van der Waals surface area contributed by atoms with Gasteiger partial charge in [0.05, 0.1) is 52.4 Å². The highest BCUT2D eigenvalue weighted by Gasteiger charge is 2.67. The lowest BCUT2D eigenvalue weighted by atomic mass is 9.64. The molecule has 0 radical (unpaired) electrons. The molecule has 0 saturated carbocycles. The van der Waals surface area contributed by atoms with Crippen molar-refractivity contribution in [3.05, 3.63) is 80.8 Å². The number of hydrogen-bond acceptors (Lipinski definition) is 7. The van der Waals surface area contributed by atoms with Crippen LogP contribution in [0.1, 0.15) is 54.7 Å². The average molecular weight is 674 g/mol. The highest BCUT2D eigenvalue weighted by molar-refractivity contribution is 9.10. The first-order valence-corrected chi connectivity index (χ1v) is 14.7. The molecule has 226 valence electrons. The maximum atomic E-state index is 16.0. The number of methoxy groups -OCH3 is 2. The molecule has 1 spiro atoms. The number of halogens is 3. The van der Waals surface area contributed by atoms with Gasteiger partial charge in [-0.2, -0.15) is 0 Å². The van der Waals surface area contributed by atoms with Gasteiger partial charge in [0.25, 0.3) is 0 Å². The molecule has 0 aliphatic carbocycles. The highest BCUT2D eigenvalue weighted by Crippen LogP contribution is 2.56. The van der Waals surface area contributed by atoms with Gasteiger partial charge in [-0.15, -0.1) is 0 Å². The fraction of sp³-hybridized carbons (Fsp3) is 0.355. The van der Waals surface area contributed by atoms with Crippen LogP contribution in [0.3, 0.4) is 0 Å². The van der Waals surface area contributed by atoms with Crippen LogP contribution in [0.25, 0.3) is 0 Å². The summed E-state index contributed by atoms with van der Waals surface area (Å²) in [5.41, 5.74) is -0.258. The Hall–Kier alpha value is -3.54. The molecule has 0 bridgehead atoms. The normalized spacial score (nSPS) is 22.7. The topological polar surface area (TPSA) is 119 Å². The molecule has 0 unspecified atom stereocenters. The van der Waals surface area contributed by atoms with Crippen LogP contribution in [0.4, 0.5) is 15.8 Å². The summed E-state index contributed by atoms with van der Waals surface area (Å²) in [6, 6.07) is 9.18.